The molecule has 3 N–H and O–H groups in total. The van der Waals surface area contributed by atoms with E-state index in [4.69, 9.17) is 14.2 Å². The molecule has 0 aromatic rings. The predicted octanol–water partition coefficient (Wildman–Crippen LogP) is -0.665. The molecule has 2 fully saturated rings. The van der Waals surface area contributed by atoms with Crippen LogP contribution in [0.3, 0.4) is 0 Å². The Morgan fingerprint density at radius 3 is 2.45 bits per heavy atom. The van der Waals surface area contributed by atoms with Gasteiger partial charge < -0.3 is 30.0 Å². The first kappa shape index (κ1) is 15.0. The highest BCUT2D eigenvalue weighted by Gasteiger charge is 2.44. The fourth-order valence-electron chi connectivity index (χ4n) is 2.35. The summed E-state index contributed by atoms with van der Waals surface area (Å²) < 4.78 is 15.7. The Bertz CT molecular complexity index is 374. The van der Waals surface area contributed by atoms with Crippen molar-refractivity contribution in [2.75, 3.05) is 40.1 Å². The van der Waals surface area contributed by atoms with Crippen molar-refractivity contribution in [2.24, 2.45) is 0 Å². The number of rotatable bonds is 5. The summed E-state index contributed by atoms with van der Waals surface area (Å²) in [6.45, 7) is 1.57. The maximum Gasteiger partial charge on any atom is 0.332 e. The number of aliphatic carboxylic acids is 1. The van der Waals surface area contributed by atoms with Crippen molar-refractivity contribution in [1.29, 1.82) is 0 Å². The standard InChI is InChI=1S/C12H20N2O6/c1-18-11(2-4-19-7-11)6-13-10(17)14-12(9(15)16)3-5-20-8-12/h2-8H2,1H3,(H,15,16)(H2,13,14,17). The molecule has 0 aromatic carbocycles. The molecule has 2 unspecified atom stereocenters. The smallest absolute Gasteiger partial charge is 0.332 e. The molecule has 0 aromatic heterocycles. The molecule has 2 saturated heterocycles. The first-order chi connectivity index (χ1) is 9.52. The average Bonchev–Trinajstić information content (AvgIpc) is 3.06. The molecule has 8 heteroatoms. The summed E-state index contributed by atoms with van der Waals surface area (Å²) in [6.07, 6.45) is 0.950. The zero-order chi connectivity index (χ0) is 14.6. The van der Waals surface area contributed by atoms with E-state index >= 15 is 0 Å². The molecule has 20 heavy (non-hydrogen) atoms. The molecule has 2 amide bonds. The molecule has 0 saturated carbocycles. The second-order valence-corrected chi connectivity index (χ2v) is 5.19. The summed E-state index contributed by atoms with van der Waals surface area (Å²) in [4.78, 5) is 23.2. The van der Waals surface area contributed by atoms with Gasteiger partial charge in [-0.05, 0) is 0 Å². The number of urea groups is 1. The molecule has 0 spiro atoms. The second-order valence-electron chi connectivity index (χ2n) is 5.19. The lowest BCUT2D eigenvalue weighted by atomic mass is 9.99. The minimum atomic E-state index is -1.34. The highest BCUT2D eigenvalue weighted by atomic mass is 16.5. The summed E-state index contributed by atoms with van der Waals surface area (Å²) in [5, 5.41) is 14.4. The van der Waals surface area contributed by atoms with Crippen molar-refractivity contribution in [3.63, 3.8) is 0 Å². The van der Waals surface area contributed by atoms with Gasteiger partial charge in [-0.1, -0.05) is 0 Å². The molecular weight excluding hydrogens is 268 g/mol. The van der Waals surface area contributed by atoms with Gasteiger partial charge >= 0.3 is 12.0 Å². The quantitative estimate of drug-likeness (QED) is 0.620. The summed E-state index contributed by atoms with van der Waals surface area (Å²) in [5.74, 6) is -1.09. The minimum Gasteiger partial charge on any atom is -0.479 e. The number of hydrogen-bond donors (Lipinski definition) is 3. The Balaban J connectivity index is 1.87. The molecule has 0 bridgehead atoms. The van der Waals surface area contributed by atoms with E-state index in [-0.39, 0.29) is 19.6 Å². The van der Waals surface area contributed by atoms with E-state index in [1.54, 1.807) is 7.11 Å². The van der Waals surface area contributed by atoms with Gasteiger partial charge in [0.2, 0.25) is 0 Å². The van der Waals surface area contributed by atoms with Gasteiger partial charge in [0.1, 0.15) is 5.60 Å². The lowest BCUT2D eigenvalue weighted by molar-refractivity contribution is -0.144. The molecule has 0 radical (unpaired) electrons. The number of carbonyl (C=O) groups excluding carboxylic acids is 1. The second kappa shape index (κ2) is 5.94. The van der Waals surface area contributed by atoms with E-state index < -0.39 is 23.1 Å². The molecule has 2 aliphatic heterocycles. The highest BCUT2D eigenvalue weighted by molar-refractivity contribution is 5.86. The third kappa shape index (κ3) is 3.02. The van der Waals surface area contributed by atoms with Crippen LogP contribution in [0.25, 0.3) is 0 Å². The first-order valence-corrected chi connectivity index (χ1v) is 6.52. The normalized spacial score (nSPS) is 33.0. The number of nitrogens with one attached hydrogen (secondary N) is 2. The minimum absolute atomic E-state index is 0.0196. The highest BCUT2D eigenvalue weighted by Crippen LogP contribution is 2.22. The van der Waals surface area contributed by atoms with Gasteiger partial charge in [-0.25, -0.2) is 9.59 Å². The van der Waals surface area contributed by atoms with Crippen LogP contribution >= 0.6 is 0 Å². The zero-order valence-electron chi connectivity index (χ0n) is 11.4. The summed E-state index contributed by atoms with van der Waals surface area (Å²) >= 11 is 0. The maximum atomic E-state index is 11.9. The van der Waals surface area contributed by atoms with Gasteiger partial charge in [-0.2, -0.15) is 0 Å². The van der Waals surface area contributed by atoms with Crippen molar-refractivity contribution < 1.29 is 28.9 Å². The Morgan fingerprint density at radius 1 is 1.25 bits per heavy atom. The van der Waals surface area contributed by atoms with E-state index in [0.29, 0.717) is 26.2 Å². The molecule has 2 rings (SSSR count). The van der Waals surface area contributed by atoms with Crippen LogP contribution in [0.2, 0.25) is 0 Å². The predicted molar refractivity (Wildman–Crippen MR) is 67.5 cm³/mol. The van der Waals surface area contributed by atoms with Crippen LogP contribution in [0.4, 0.5) is 4.79 Å². The van der Waals surface area contributed by atoms with Crippen LogP contribution in [0.5, 0.6) is 0 Å². The van der Waals surface area contributed by atoms with E-state index in [2.05, 4.69) is 10.6 Å². The third-order valence-corrected chi connectivity index (χ3v) is 3.86. The lowest BCUT2D eigenvalue weighted by Gasteiger charge is -2.28. The van der Waals surface area contributed by atoms with Gasteiger partial charge in [0.25, 0.3) is 0 Å². The Morgan fingerprint density at radius 2 is 1.95 bits per heavy atom. The van der Waals surface area contributed by atoms with Crippen LogP contribution in [0.1, 0.15) is 12.8 Å². The van der Waals surface area contributed by atoms with Gasteiger partial charge in [0, 0.05) is 33.2 Å². The Labute approximate surface area is 116 Å². The summed E-state index contributed by atoms with van der Waals surface area (Å²) in [7, 11) is 1.57. The Hall–Kier alpha value is -1.38. The van der Waals surface area contributed by atoms with E-state index in [1.807, 2.05) is 0 Å². The van der Waals surface area contributed by atoms with Gasteiger partial charge in [-0.3, -0.25) is 0 Å². The number of carboxylic acid groups (broad SMARTS) is 1. The first-order valence-electron chi connectivity index (χ1n) is 6.52. The topological polar surface area (TPSA) is 106 Å². The van der Waals surface area contributed by atoms with Gasteiger partial charge in [-0.15, -0.1) is 0 Å². The van der Waals surface area contributed by atoms with Crippen molar-refractivity contribution in [2.45, 2.75) is 24.0 Å². The van der Waals surface area contributed by atoms with Crippen LogP contribution < -0.4 is 10.6 Å². The fourth-order valence-corrected chi connectivity index (χ4v) is 2.35. The number of carboxylic acids is 1. The molecule has 2 atom stereocenters. The SMILES string of the molecule is COC1(CNC(=O)NC2(C(=O)O)CCOC2)CCOC1. The number of ether oxygens (including phenoxy) is 3. The van der Waals surface area contributed by atoms with Crippen LogP contribution in [-0.4, -0.2) is 68.3 Å². The number of hydrogen-bond acceptors (Lipinski definition) is 5. The molecule has 2 aliphatic rings. The molecule has 2 heterocycles. The van der Waals surface area contributed by atoms with Crippen molar-refractivity contribution >= 4 is 12.0 Å². The van der Waals surface area contributed by atoms with E-state index in [1.165, 1.54) is 0 Å². The fraction of sp³-hybridized carbons (Fsp3) is 0.833. The van der Waals surface area contributed by atoms with Gasteiger partial charge in [0.15, 0.2) is 5.54 Å². The van der Waals surface area contributed by atoms with Crippen molar-refractivity contribution in [3.8, 4) is 0 Å². The summed E-state index contributed by atoms with van der Waals surface area (Å²) in [6, 6.07) is -0.541. The third-order valence-electron chi connectivity index (χ3n) is 3.86. The van der Waals surface area contributed by atoms with Crippen molar-refractivity contribution in [1.82, 2.24) is 10.6 Å². The lowest BCUT2D eigenvalue weighted by Crippen LogP contribution is -2.59. The molecule has 0 aliphatic carbocycles. The van der Waals surface area contributed by atoms with E-state index in [9.17, 15) is 14.7 Å². The van der Waals surface area contributed by atoms with Gasteiger partial charge in [0.05, 0.1) is 19.8 Å². The van der Waals surface area contributed by atoms with Crippen LogP contribution in [0.15, 0.2) is 0 Å². The number of methoxy groups -OCH3 is 1. The molecule has 114 valence electrons. The zero-order valence-corrected chi connectivity index (χ0v) is 11.4. The van der Waals surface area contributed by atoms with Crippen LogP contribution in [0, 0.1) is 0 Å². The average molecular weight is 288 g/mol. The van der Waals surface area contributed by atoms with E-state index in [0.717, 1.165) is 0 Å². The summed E-state index contributed by atoms with van der Waals surface area (Å²) in [5.41, 5.74) is -1.86. The van der Waals surface area contributed by atoms with Crippen molar-refractivity contribution in [3.05, 3.63) is 0 Å². The molecule has 8 nitrogen and oxygen atoms in total. The molecular formula is C12H20N2O6. The monoisotopic (exact) mass is 288 g/mol. The number of carbonyl (C=O) groups is 2. The maximum absolute atomic E-state index is 11.9. The number of amides is 2. The van der Waals surface area contributed by atoms with Crippen LogP contribution in [-0.2, 0) is 19.0 Å². The largest absolute Gasteiger partial charge is 0.479 e. The Kier molecular flexibility index (Phi) is 4.46.